The quantitative estimate of drug-likeness (QED) is 0.474. The monoisotopic (exact) mass is 602 g/mol. The van der Waals surface area contributed by atoms with Gasteiger partial charge in [-0.15, -0.1) is 0 Å². The van der Waals surface area contributed by atoms with Crippen molar-refractivity contribution in [3.8, 4) is 5.69 Å². The number of halogens is 1. The molecular formula is C31H43FN4O5S. The lowest BCUT2D eigenvalue weighted by atomic mass is 9.89. The number of amides is 1. The topological polar surface area (TPSA) is 116 Å². The van der Waals surface area contributed by atoms with E-state index < -0.39 is 27.0 Å². The molecule has 1 aromatic heterocycles. The third-order valence-corrected chi connectivity index (χ3v) is 11.5. The molecule has 2 fully saturated rings. The zero-order valence-electron chi connectivity index (χ0n) is 24.7. The van der Waals surface area contributed by atoms with Crippen molar-refractivity contribution in [1.29, 1.82) is 0 Å². The van der Waals surface area contributed by atoms with E-state index in [0.29, 0.717) is 35.7 Å². The summed E-state index contributed by atoms with van der Waals surface area (Å²) in [6.07, 6.45) is 6.46. The number of benzene rings is 1. The highest BCUT2D eigenvalue weighted by Crippen LogP contribution is 2.45. The minimum Gasteiger partial charge on any atom is -0.382 e. The number of hydrogen-bond donors (Lipinski definition) is 2. The van der Waals surface area contributed by atoms with Gasteiger partial charge in [-0.2, -0.15) is 0 Å². The van der Waals surface area contributed by atoms with Gasteiger partial charge in [-0.25, -0.2) is 12.8 Å². The maximum Gasteiger partial charge on any atom is 0.253 e. The molecule has 1 saturated heterocycles. The Hall–Kier alpha value is -2.47. The average Bonchev–Trinajstić information content (AvgIpc) is 3.49. The first kappa shape index (κ1) is 29.6. The van der Waals surface area contributed by atoms with Crippen LogP contribution in [0.3, 0.4) is 0 Å². The lowest BCUT2D eigenvalue weighted by Gasteiger charge is -2.32. The molecule has 1 amide bonds. The third kappa shape index (κ3) is 5.85. The first-order valence-electron chi connectivity index (χ1n) is 15.3. The Morgan fingerprint density at radius 2 is 1.88 bits per heavy atom. The highest BCUT2D eigenvalue weighted by molar-refractivity contribution is 7.91. The van der Waals surface area contributed by atoms with Gasteiger partial charge in [0, 0.05) is 37.1 Å². The summed E-state index contributed by atoms with van der Waals surface area (Å²) in [6, 6.07) is 3.15. The molecule has 11 heteroatoms. The van der Waals surface area contributed by atoms with Crippen LogP contribution in [0.4, 0.5) is 10.1 Å². The van der Waals surface area contributed by atoms with Crippen LogP contribution in [0.1, 0.15) is 73.3 Å². The average molecular weight is 603 g/mol. The molecule has 1 saturated carbocycles. The van der Waals surface area contributed by atoms with E-state index in [1.54, 1.807) is 6.07 Å². The van der Waals surface area contributed by atoms with Crippen LogP contribution in [0.5, 0.6) is 0 Å². The maximum atomic E-state index is 15.6. The van der Waals surface area contributed by atoms with Gasteiger partial charge < -0.3 is 25.1 Å². The Kier molecular flexibility index (Phi) is 8.14. The first-order chi connectivity index (χ1) is 20.0. The normalized spacial score (nSPS) is 25.1. The lowest BCUT2D eigenvalue weighted by molar-refractivity contribution is -0.00919. The fourth-order valence-electron chi connectivity index (χ4n) is 7.44. The number of nitrogens with one attached hydrogen (secondary N) is 1. The van der Waals surface area contributed by atoms with Gasteiger partial charge in [0.2, 0.25) is 0 Å². The number of primary amides is 1. The summed E-state index contributed by atoms with van der Waals surface area (Å²) in [5.41, 5.74) is 8.50. The molecule has 2 aliphatic carbocycles. The molecule has 6 rings (SSSR count). The summed E-state index contributed by atoms with van der Waals surface area (Å²) in [6.45, 7) is 8.96. The highest BCUT2D eigenvalue weighted by atomic mass is 32.2. The number of carbonyl (C=O) groups excluding carboxylic acids is 1. The number of morpholine rings is 1. The molecule has 1 aromatic carbocycles. The smallest absolute Gasteiger partial charge is 0.253 e. The summed E-state index contributed by atoms with van der Waals surface area (Å²) in [4.78, 5) is 15.2. The van der Waals surface area contributed by atoms with Crippen molar-refractivity contribution in [3.63, 3.8) is 0 Å². The molecule has 0 spiro atoms. The molecule has 0 unspecified atom stereocenters. The fraction of sp³-hybridized carbons (Fsp3) is 0.645. The second-order valence-electron chi connectivity index (χ2n) is 13.1. The number of hydrogen-bond acceptors (Lipinski definition) is 7. The molecule has 230 valence electrons. The van der Waals surface area contributed by atoms with Crippen molar-refractivity contribution in [2.75, 3.05) is 50.5 Å². The SMILES string of the molecule is CC1(C)Cc2c(c3c(n2-c2cc(F)c(C(N)=O)c(NC4CCC(OCCN5CCOCC5)CC4)c2)CCC3)S(=O)(=O)C1. The van der Waals surface area contributed by atoms with Crippen LogP contribution in [0.2, 0.25) is 0 Å². The van der Waals surface area contributed by atoms with Gasteiger partial charge in [0.05, 0.1) is 53.5 Å². The zero-order chi connectivity index (χ0) is 29.6. The van der Waals surface area contributed by atoms with Crippen LogP contribution in [0.15, 0.2) is 17.0 Å². The minimum atomic E-state index is -3.47. The van der Waals surface area contributed by atoms with Gasteiger partial charge in [-0.3, -0.25) is 9.69 Å². The van der Waals surface area contributed by atoms with Crippen molar-refractivity contribution >= 4 is 21.4 Å². The van der Waals surface area contributed by atoms with Gasteiger partial charge in [-0.1, -0.05) is 13.8 Å². The van der Waals surface area contributed by atoms with Gasteiger partial charge in [0.1, 0.15) is 5.82 Å². The predicted molar refractivity (Wildman–Crippen MR) is 159 cm³/mol. The van der Waals surface area contributed by atoms with Crippen molar-refractivity contribution in [3.05, 3.63) is 40.5 Å². The summed E-state index contributed by atoms with van der Waals surface area (Å²) in [5, 5.41) is 3.43. The van der Waals surface area contributed by atoms with Crippen LogP contribution in [-0.4, -0.2) is 81.1 Å². The molecular weight excluding hydrogens is 559 g/mol. The van der Waals surface area contributed by atoms with Crippen LogP contribution >= 0.6 is 0 Å². The van der Waals surface area contributed by atoms with Crippen LogP contribution in [0.25, 0.3) is 5.69 Å². The van der Waals surface area contributed by atoms with Gasteiger partial charge >= 0.3 is 0 Å². The van der Waals surface area contributed by atoms with E-state index in [4.69, 9.17) is 15.2 Å². The molecule has 4 aliphatic rings. The minimum absolute atomic E-state index is 0.0421. The molecule has 3 N–H and O–H groups in total. The number of fused-ring (bicyclic) bond motifs is 3. The molecule has 2 aromatic rings. The van der Waals surface area contributed by atoms with Gasteiger partial charge in [0.15, 0.2) is 9.84 Å². The Balaban J connectivity index is 1.23. The lowest BCUT2D eigenvalue weighted by Crippen LogP contribution is -2.39. The summed E-state index contributed by atoms with van der Waals surface area (Å²) >= 11 is 0. The maximum absolute atomic E-state index is 15.6. The number of anilines is 1. The summed E-state index contributed by atoms with van der Waals surface area (Å²) in [7, 11) is -3.47. The number of nitrogens with two attached hydrogens (primary N) is 1. The van der Waals surface area contributed by atoms with E-state index in [2.05, 4.69) is 10.2 Å². The second-order valence-corrected chi connectivity index (χ2v) is 15.1. The summed E-state index contributed by atoms with van der Waals surface area (Å²) in [5.74, 6) is -1.43. The molecule has 0 atom stereocenters. The number of nitrogens with zero attached hydrogens (tertiary/aromatic N) is 2. The Morgan fingerprint density at radius 3 is 2.60 bits per heavy atom. The van der Waals surface area contributed by atoms with Crippen molar-refractivity contribution in [1.82, 2.24) is 9.47 Å². The standard InChI is InChI=1S/C31H43FN4O5S/c1-31(2)18-27-29(42(38,39)19-31)23-4-3-5-26(23)36(27)21-16-24(32)28(30(33)37)25(17-21)34-20-6-8-22(9-7-20)41-15-12-35-10-13-40-14-11-35/h16-17,20,22,34H,3-15,18-19H2,1-2H3,(H2,33,37). The van der Waals surface area contributed by atoms with E-state index in [-0.39, 0.29) is 23.5 Å². The zero-order valence-corrected chi connectivity index (χ0v) is 25.5. The van der Waals surface area contributed by atoms with Crippen LogP contribution in [0, 0.1) is 11.2 Å². The van der Waals surface area contributed by atoms with Crippen LogP contribution < -0.4 is 11.1 Å². The van der Waals surface area contributed by atoms with Crippen LogP contribution in [-0.2, 0) is 38.6 Å². The molecule has 0 radical (unpaired) electrons. The molecule has 42 heavy (non-hydrogen) atoms. The van der Waals surface area contributed by atoms with E-state index in [1.807, 2.05) is 18.4 Å². The highest BCUT2D eigenvalue weighted by Gasteiger charge is 2.42. The van der Waals surface area contributed by atoms with E-state index in [1.165, 1.54) is 6.07 Å². The number of ether oxygens (including phenoxy) is 2. The number of aromatic nitrogens is 1. The van der Waals surface area contributed by atoms with E-state index in [9.17, 15) is 13.2 Å². The van der Waals surface area contributed by atoms with E-state index in [0.717, 1.165) is 88.3 Å². The molecule has 9 nitrogen and oxygen atoms in total. The third-order valence-electron chi connectivity index (χ3n) is 9.28. The largest absolute Gasteiger partial charge is 0.382 e. The Bertz CT molecular complexity index is 1460. The second kappa shape index (κ2) is 11.6. The number of sulfone groups is 1. The van der Waals surface area contributed by atoms with Crippen molar-refractivity contribution in [2.45, 2.75) is 82.3 Å². The Labute approximate surface area is 247 Å². The number of carbonyl (C=O) groups is 1. The summed E-state index contributed by atoms with van der Waals surface area (Å²) < 4.78 is 56.0. The Morgan fingerprint density at radius 1 is 1.14 bits per heavy atom. The van der Waals surface area contributed by atoms with Gasteiger partial charge in [0.25, 0.3) is 5.91 Å². The molecule has 3 heterocycles. The number of rotatable bonds is 8. The van der Waals surface area contributed by atoms with Crippen molar-refractivity contribution in [2.24, 2.45) is 11.1 Å². The van der Waals surface area contributed by atoms with E-state index >= 15 is 4.39 Å². The molecule has 2 aliphatic heterocycles. The van der Waals surface area contributed by atoms with Gasteiger partial charge in [-0.05, 0) is 74.5 Å². The molecule has 0 bridgehead atoms. The first-order valence-corrected chi connectivity index (χ1v) is 17.0. The fourth-order valence-corrected chi connectivity index (χ4v) is 9.83. The van der Waals surface area contributed by atoms with Crippen molar-refractivity contribution < 1.29 is 27.1 Å². The predicted octanol–water partition coefficient (Wildman–Crippen LogP) is 3.63.